The number of hydrogen-bond acceptors (Lipinski definition) is 16. The van der Waals surface area contributed by atoms with Crippen LogP contribution in [0.5, 0.6) is 0 Å². The van der Waals surface area contributed by atoms with Gasteiger partial charge in [-0.1, -0.05) is 103 Å². The minimum Gasteiger partial charge on any atom is -0.382 e. The van der Waals surface area contributed by atoms with Crippen molar-refractivity contribution >= 4 is 74.8 Å². The SMILES string of the molecule is CNC(=O)c1ccccc1N1CCN(C(=O)c2cc(N(C)C3CCN(c4ccccc4C#N)CC3)c(C)cc2C)CC1.Cc1cc(C)c(C(=O)N2CCN(c3ccccc3)CC2)cc1NC1CCN(c2ccccc2C#N)CC1.Cc1cc(C)c(C(=O)N2CCN(c3ccccc3C#N)CC2)cc1NC1CCN(c2ccccc2)CC1. The van der Waals surface area contributed by atoms with Gasteiger partial charge in [-0.25, -0.2) is 0 Å². The number of para-hydroxylation sites is 6. The maximum Gasteiger partial charge on any atom is 0.254 e. The number of piperidine rings is 3. The average Bonchev–Trinajstić information content (AvgIpc) is 0.795. The van der Waals surface area contributed by atoms with Crippen molar-refractivity contribution in [1.29, 1.82) is 15.8 Å². The maximum atomic E-state index is 13.8. The second-order valence-electron chi connectivity index (χ2n) is 31.6. The van der Waals surface area contributed by atoms with Gasteiger partial charge in [0.1, 0.15) is 18.2 Å². The zero-order valence-corrected chi connectivity index (χ0v) is 68.6. The van der Waals surface area contributed by atoms with E-state index < -0.39 is 0 Å². The molecule has 9 aromatic carbocycles. The van der Waals surface area contributed by atoms with Gasteiger partial charge in [0.05, 0.1) is 39.3 Å². The first-order chi connectivity index (χ1) is 56.4. The van der Waals surface area contributed by atoms with Gasteiger partial charge in [-0.15, -0.1) is 0 Å². The number of aryl methyl sites for hydroxylation is 6. The highest BCUT2D eigenvalue weighted by molar-refractivity contribution is 6.01. The van der Waals surface area contributed by atoms with Crippen molar-refractivity contribution in [1.82, 2.24) is 20.0 Å². The van der Waals surface area contributed by atoms with Crippen molar-refractivity contribution in [3.63, 3.8) is 0 Å². The largest absolute Gasteiger partial charge is 0.382 e. The Labute approximate surface area is 685 Å². The molecule has 3 N–H and O–H groups in total. The van der Waals surface area contributed by atoms with E-state index in [1.165, 1.54) is 28.1 Å². The zero-order chi connectivity index (χ0) is 81.4. The molecule has 0 radical (unpaired) electrons. The molecule has 116 heavy (non-hydrogen) atoms. The summed E-state index contributed by atoms with van der Waals surface area (Å²) in [6.45, 7) is 26.5. The Morgan fingerprint density at radius 2 is 0.647 bits per heavy atom. The monoisotopic (exact) mass is 1550 g/mol. The van der Waals surface area contributed by atoms with Gasteiger partial charge < -0.3 is 64.9 Å². The molecule has 0 bridgehead atoms. The predicted octanol–water partition coefficient (Wildman–Crippen LogP) is 15.0. The van der Waals surface area contributed by atoms with Crippen LogP contribution in [0.25, 0.3) is 0 Å². The van der Waals surface area contributed by atoms with Crippen molar-refractivity contribution in [2.24, 2.45) is 0 Å². The first-order valence-electron chi connectivity index (χ1n) is 41.2. The lowest BCUT2D eigenvalue weighted by atomic mass is 9.97. The Kier molecular flexibility index (Phi) is 26.8. The molecule has 15 rings (SSSR count). The molecular weight excluding hydrogens is 1440 g/mol. The molecule has 0 aromatic heterocycles. The number of piperazine rings is 3. The van der Waals surface area contributed by atoms with E-state index in [9.17, 15) is 35.0 Å². The lowest BCUT2D eigenvalue weighted by molar-refractivity contribution is 0.0738. The summed E-state index contributed by atoms with van der Waals surface area (Å²) < 4.78 is 0. The van der Waals surface area contributed by atoms with Crippen LogP contribution in [-0.2, 0) is 0 Å². The molecule has 0 saturated carbocycles. The van der Waals surface area contributed by atoms with E-state index in [-0.39, 0.29) is 23.6 Å². The number of nitriles is 3. The van der Waals surface area contributed by atoms with Gasteiger partial charge in [0.15, 0.2) is 0 Å². The summed E-state index contributed by atoms with van der Waals surface area (Å²) in [6.07, 6.45) is 6.06. The normalized spacial score (nSPS) is 16.2. The van der Waals surface area contributed by atoms with Crippen LogP contribution in [-0.4, -0.2) is 188 Å². The van der Waals surface area contributed by atoms with Gasteiger partial charge in [-0.3, -0.25) is 19.2 Å². The third-order valence-corrected chi connectivity index (χ3v) is 24.2. The molecule has 20 nitrogen and oxygen atoms in total. The van der Waals surface area contributed by atoms with Crippen molar-refractivity contribution in [2.45, 2.75) is 98.2 Å². The van der Waals surface area contributed by atoms with E-state index in [0.29, 0.717) is 68.5 Å². The zero-order valence-electron chi connectivity index (χ0n) is 68.6. The highest BCUT2D eigenvalue weighted by Crippen LogP contribution is 2.35. The van der Waals surface area contributed by atoms with Crippen LogP contribution in [0.1, 0.15) is 130 Å². The second-order valence-corrected chi connectivity index (χ2v) is 31.6. The van der Waals surface area contributed by atoms with Crippen molar-refractivity contribution in [3.05, 3.63) is 266 Å². The molecule has 6 fully saturated rings. The van der Waals surface area contributed by atoms with Crippen LogP contribution in [0.3, 0.4) is 0 Å². The minimum atomic E-state index is -0.103. The first-order valence-corrected chi connectivity index (χ1v) is 41.2. The molecule has 0 atom stereocenters. The molecule has 6 aliphatic heterocycles. The number of nitrogens with one attached hydrogen (secondary N) is 3. The highest BCUT2D eigenvalue weighted by atomic mass is 16.2. The fourth-order valence-electron chi connectivity index (χ4n) is 17.5. The van der Waals surface area contributed by atoms with Crippen molar-refractivity contribution < 1.29 is 19.2 Å². The van der Waals surface area contributed by atoms with Gasteiger partial charge in [0.2, 0.25) is 0 Å². The molecule has 20 heteroatoms. The molecule has 6 aliphatic rings. The quantitative estimate of drug-likeness (QED) is 0.0822. The Hall–Kier alpha value is -12.5. The molecule has 6 heterocycles. The number of amides is 4. The van der Waals surface area contributed by atoms with E-state index in [1.54, 1.807) is 7.05 Å². The fraction of sp³-hybridized carbons (Fsp3) is 0.365. The number of anilines is 9. The second kappa shape index (κ2) is 38.1. The molecule has 9 aromatic rings. The fourth-order valence-corrected chi connectivity index (χ4v) is 17.5. The van der Waals surface area contributed by atoms with Crippen LogP contribution in [0.2, 0.25) is 0 Å². The number of carbonyl (C=O) groups excluding carboxylic acids is 4. The van der Waals surface area contributed by atoms with E-state index in [0.717, 1.165) is 201 Å². The van der Waals surface area contributed by atoms with E-state index in [4.69, 9.17) is 0 Å². The predicted molar refractivity (Wildman–Crippen MR) is 470 cm³/mol. The molecule has 0 unspecified atom stereocenters. The van der Waals surface area contributed by atoms with E-state index in [1.807, 2.05) is 139 Å². The van der Waals surface area contributed by atoms with Crippen molar-refractivity contribution in [2.75, 3.05) is 177 Å². The van der Waals surface area contributed by atoms with E-state index in [2.05, 4.69) is 187 Å². The van der Waals surface area contributed by atoms with Gasteiger partial charge >= 0.3 is 0 Å². The third-order valence-electron chi connectivity index (χ3n) is 24.2. The molecule has 0 spiro atoms. The molecule has 598 valence electrons. The minimum absolute atomic E-state index is 0.0596. The summed E-state index contributed by atoms with van der Waals surface area (Å²) in [5.41, 5.74) is 21.3. The van der Waals surface area contributed by atoms with Crippen LogP contribution >= 0.6 is 0 Å². The number of nitrogens with zero attached hydrogens (tertiary/aromatic N) is 13. The summed E-state index contributed by atoms with van der Waals surface area (Å²) in [6, 6.07) is 72.6. The van der Waals surface area contributed by atoms with Crippen LogP contribution in [0, 0.1) is 75.5 Å². The number of carbonyl (C=O) groups is 4. The number of benzene rings is 9. The highest BCUT2D eigenvalue weighted by Gasteiger charge is 2.33. The Balaban J connectivity index is 0.000000152. The first kappa shape index (κ1) is 81.5. The number of rotatable bonds is 16. The Morgan fingerprint density at radius 3 is 1.04 bits per heavy atom. The maximum absolute atomic E-state index is 13.8. The third kappa shape index (κ3) is 19.1. The summed E-state index contributed by atoms with van der Waals surface area (Å²) in [7, 11) is 3.78. The molecular formula is C96H110N16O4. The van der Waals surface area contributed by atoms with Crippen LogP contribution in [0.4, 0.5) is 51.2 Å². The smallest absolute Gasteiger partial charge is 0.254 e. The lowest BCUT2D eigenvalue weighted by Crippen LogP contribution is -2.49. The summed E-state index contributed by atoms with van der Waals surface area (Å²) in [4.78, 5) is 75.3. The lowest BCUT2D eigenvalue weighted by Gasteiger charge is -2.40. The van der Waals surface area contributed by atoms with Gasteiger partial charge in [-0.05, 0) is 204 Å². The van der Waals surface area contributed by atoms with Gasteiger partial charge in [0.25, 0.3) is 23.6 Å². The molecule has 6 saturated heterocycles. The van der Waals surface area contributed by atoms with Gasteiger partial charge in [-0.2, -0.15) is 15.8 Å². The molecule has 0 aliphatic carbocycles. The summed E-state index contributed by atoms with van der Waals surface area (Å²) >= 11 is 0. The topological polar surface area (TPSA) is 208 Å². The standard InChI is InChI=1S/C34H40N6O2.2C31H35N5O/c1-24-21-25(2)32(37(4)27-13-15-38(16-14-27)30-11-7-5-9-26(30)23-35)22-29(24)34(42)40-19-17-39(18-20-40)31-12-8-6-10-28(31)33(41)36-3;1-23-20-24(2)29(33-26-12-14-35(15-13-26)30-11-7-6-8-25(30)22-32)21-28(23)31(37)36-18-16-34(17-19-36)27-9-4-3-5-10-27;1-23-20-24(2)29(33-26-12-14-34(15-13-26)27-9-4-3-5-10-27)21-28(23)31(37)36-18-16-35(17-19-36)30-11-7-6-8-25(30)22-32/h5-12,21-22,27H,13-20H2,1-4H3,(H,36,41);2*3-11,20-21,26,33H,12-19H2,1-2H3. The Bertz CT molecular complexity index is 5060. The van der Waals surface area contributed by atoms with Crippen LogP contribution < -0.4 is 50.2 Å². The van der Waals surface area contributed by atoms with E-state index >= 15 is 0 Å². The van der Waals surface area contributed by atoms with Gasteiger partial charge in [0, 0.05) is 201 Å². The van der Waals surface area contributed by atoms with Crippen molar-refractivity contribution in [3.8, 4) is 18.2 Å². The molecule has 4 amide bonds. The summed E-state index contributed by atoms with van der Waals surface area (Å²) in [5.74, 6) is 0.168. The van der Waals surface area contributed by atoms with Crippen LogP contribution in [0.15, 0.2) is 194 Å². The Morgan fingerprint density at radius 1 is 0.336 bits per heavy atom. The number of hydrogen-bond donors (Lipinski definition) is 3. The summed E-state index contributed by atoms with van der Waals surface area (Å²) in [5, 5.41) is 38.6. The average molecular weight is 1550 g/mol.